The molecular weight excluding hydrogens is 361 g/mol. The summed E-state index contributed by atoms with van der Waals surface area (Å²) in [6, 6.07) is 10.6. The van der Waals surface area contributed by atoms with Crippen molar-refractivity contribution in [3.63, 3.8) is 0 Å². The molecule has 0 atom stereocenters. The Balaban J connectivity index is 1.71. The van der Waals surface area contributed by atoms with Crippen LogP contribution in [0.15, 0.2) is 41.4 Å². The molecule has 0 saturated carbocycles. The van der Waals surface area contributed by atoms with E-state index in [0.29, 0.717) is 44.6 Å². The van der Waals surface area contributed by atoms with E-state index in [9.17, 15) is 4.39 Å². The number of aliphatic imine (C=N–C) groups is 1. The molecule has 0 radical (unpaired) electrons. The SMILES string of the molecule is CCNC(=NCc1ccc(OCC)c(F)c1)Nc1ccc2c(c1)OCCCO2. The minimum absolute atomic E-state index is 0.257. The Morgan fingerprint density at radius 2 is 1.93 bits per heavy atom. The predicted molar refractivity (Wildman–Crippen MR) is 108 cm³/mol. The number of benzene rings is 2. The van der Waals surface area contributed by atoms with Crippen molar-refractivity contribution in [2.45, 2.75) is 26.8 Å². The normalized spacial score (nSPS) is 13.6. The Kier molecular flexibility index (Phi) is 6.94. The molecule has 6 nitrogen and oxygen atoms in total. The highest BCUT2D eigenvalue weighted by atomic mass is 19.1. The zero-order chi connectivity index (χ0) is 19.8. The minimum Gasteiger partial charge on any atom is -0.491 e. The number of fused-ring (bicyclic) bond motifs is 1. The molecule has 0 saturated heterocycles. The van der Waals surface area contributed by atoms with Crippen LogP contribution in [0.25, 0.3) is 0 Å². The average molecular weight is 387 g/mol. The second kappa shape index (κ2) is 9.82. The third-order valence-electron chi connectivity index (χ3n) is 4.07. The van der Waals surface area contributed by atoms with Crippen molar-refractivity contribution in [2.24, 2.45) is 4.99 Å². The maximum atomic E-state index is 14.0. The molecule has 0 bridgehead atoms. The first kappa shape index (κ1) is 19.8. The Morgan fingerprint density at radius 3 is 2.68 bits per heavy atom. The van der Waals surface area contributed by atoms with Gasteiger partial charge < -0.3 is 24.8 Å². The third-order valence-corrected chi connectivity index (χ3v) is 4.07. The number of anilines is 1. The molecule has 2 aromatic carbocycles. The van der Waals surface area contributed by atoms with E-state index in [1.165, 1.54) is 6.07 Å². The van der Waals surface area contributed by atoms with Crippen LogP contribution in [-0.2, 0) is 6.54 Å². The van der Waals surface area contributed by atoms with E-state index in [2.05, 4.69) is 15.6 Å². The molecule has 7 heteroatoms. The van der Waals surface area contributed by atoms with Gasteiger partial charge in [-0.2, -0.15) is 0 Å². The van der Waals surface area contributed by atoms with Gasteiger partial charge in [0.05, 0.1) is 26.4 Å². The number of rotatable bonds is 6. The van der Waals surface area contributed by atoms with Gasteiger partial charge in [-0.05, 0) is 43.7 Å². The lowest BCUT2D eigenvalue weighted by molar-refractivity contribution is 0.297. The Labute approximate surface area is 164 Å². The van der Waals surface area contributed by atoms with Crippen molar-refractivity contribution in [1.29, 1.82) is 0 Å². The summed E-state index contributed by atoms with van der Waals surface area (Å²) in [6.45, 7) is 6.57. The van der Waals surface area contributed by atoms with Gasteiger partial charge in [-0.1, -0.05) is 6.07 Å². The van der Waals surface area contributed by atoms with Crippen molar-refractivity contribution < 1.29 is 18.6 Å². The molecule has 2 N–H and O–H groups in total. The lowest BCUT2D eigenvalue weighted by Crippen LogP contribution is -2.30. The van der Waals surface area contributed by atoms with E-state index in [1.807, 2.05) is 38.1 Å². The van der Waals surface area contributed by atoms with E-state index in [4.69, 9.17) is 14.2 Å². The van der Waals surface area contributed by atoms with Crippen LogP contribution < -0.4 is 24.8 Å². The van der Waals surface area contributed by atoms with Crippen molar-refractivity contribution >= 4 is 11.6 Å². The summed E-state index contributed by atoms with van der Waals surface area (Å²) < 4.78 is 30.6. The van der Waals surface area contributed by atoms with E-state index >= 15 is 0 Å². The highest BCUT2D eigenvalue weighted by Gasteiger charge is 2.11. The molecule has 3 rings (SSSR count). The number of ether oxygens (including phenoxy) is 3. The van der Waals surface area contributed by atoms with Gasteiger partial charge in [-0.25, -0.2) is 9.38 Å². The van der Waals surface area contributed by atoms with Gasteiger partial charge in [-0.3, -0.25) is 0 Å². The molecule has 0 aliphatic carbocycles. The number of nitrogens with one attached hydrogen (secondary N) is 2. The third kappa shape index (κ3) is 5.28. The lowest BCUT2D eigenvalue weighted by atomic mass is 10.2. The second-order valence-electron chi connectivity index (χ2n) is 6.23. The van der Waals surface area contributed by atoms with E-state index in [0.717, 1.165) is 23.4 Å². The molecule has 1 heterocycles. The Morgan fingerprint density at radius 1 is 1.11 bits per heavy atom. The molecule has 0 aromatic heterocycles. The van der Waals surface area contributed by atoms with Crippen molar-refractivity contribution in [2.75, 3.05) is 31.7 Å². The number of hydrogen-bond acceptors (Lipinski definition) is 4. The van der Waals surface area contributed by atoms with E-state index < -0.39 is 0 Å². The first-order valence-corrected chi connectivity index (χ1v) is 9.55. The van der Waals surface area contributed by atoms with Crippen LogP contribution in [0.4, 0.5) is 10.1 Å². The van der Waals surface area contributed by atoms with Crippen molar-refractivity contribution in [1.82, 2.24) is 5.32 Å². The maximum Gasteiger partial charge on any atom is 0.196 e. The number of halogens is 1. The van der Waals surface area contributed by atoms with Crippen LogP contribution >= 0.6 is 0 Å². The summed E-state index contributed by atoms with van der Waals surface area (Å²) in [6.07, 6.45) is 0.861. The Hall–Kier alpha value is -2.96. The van der Waals surface area contributed by atoms with Crippen LogP contribution in [0.1, 0.15) is 25.8 Å². The average Bonchev–Trinajstić information content (AvgIpc) is 2.93. The van der Waals surface area contributed by atoms with Gasteiger partial charge >= 0.3 is 0 Å². The monoisotopic (exact) mass is 387 g/mol. The van der Waals surface area contributed by atoms with Crippen LogP contribution in [-0.4, -0.2) is 32.3 Å². The van der Waals surface area contributed by atoms with Crippen LogP contribution in [0.2, 0.25) is 0 Å². The summed E-state index contributed by atoms with van der Waals surface area (Å²) in [7, 11) is 0. The molecule has 28 heavy (non-hydrogen) atoms. The van der Waals surface area contributed by atoms with E-state index in [-0.39, 0.29) is 11.6 Å². The Bertz CT molecular complexity index is 827. The summed E-state index contributed by atoms with van der Waals surface area (Å²) in [5.41, 5.74) is 1.60. The first-order valence-electron chi connectivity index (χ1n) is 9.55. The number of hydrogen-bond donors (Lipinski definition) is 2. The van der Waals surface area contributed by atoms with Crippen molar-refractivity contribution in [3.05, 3.63) is 47.8 Å². The molecular formula is C21H26FN3O3. The van der Waals surface area contributed by atoms with Crippen LogP contribution in [0.3, 0.4) is 0 Å². The molecule has 0 spiro atoms. The van der Waals surface area contributed by atoms with Gasteiger partial charge in [0, 0.05) is 24.7 Å². The fourth-order valence-electron chi connectivity index (χ4n) is 2.77. The summed E-state index contributed by atoms with van der Waals surface area (Å²) in [4.78, 5) is 4.54. The quantitative estimate of drug-likeness (QED) is 0.580. The van der Waals surface area contributed by atoms with Crippen molar-refractivity contribution in [3.8, 4) is 17.2 Å². The van der Waals surface area contributed by atoms with Gasteiger partial charge in [-0.15, -0.1) is 0 Å². The summed E-state index contributed by atoms with van der Waals surface area (Å²) in [5.74, 6) is 1.94. The highest BCUT2D eigenvalue weighted by Crippen LogP contribution is 2.32. The zero-order valence-corrected chi connectivity index (χ0v) is 16.3. The fourth-order valence-corrected chi connectivity index (χ4v) is 2.77. The molecule has 1 aliphatic heterocycles. The second-order valence-corrected chi connectivity index (χ2v) is 6.23. The molecule has 0 fully saturated rings. The molecule has 2 aromatic rings. The van der Waals surface area contributed by atoms with Gasteiger partial charge in [0.1, 0.15) is 0 Å². The fraction of sp³-hybridized carbons (Fsp3) is 0.381. The summed E-state index contributed by atoms with van der Waals surface area (Å²) in [5, 5.41) is 6.44. The number of nitrogens with zero attached hydrogens (tertiary/aromatic N) is 1. The van der Waals surface area contributed by atoms with Gasteiger partial charge in [0.2, 0.25) is 0 Å². The first-order chi connectivity index (χ1) is 13.7. The molecule has 0 amide bonds. The summed E-state index contributed by atoms with van der Waals surface area (Å²) >= 11 is 0. The van der Waals surface area contributed by atoms with Gasteiger partial charge in [0.15, 0.2) is 29.0 Å². The molecule has 1 aliphatic rings. The highest BCUT2D eigenvalue weighted by molar-refractivity contribution is 5.93. The zero-order valence-electron chi connectivity index (χ0n) is 16.3. The smallest absolute Gasteiger partial charge is 0.196 e. The van der Waals surface area contributed by atoms with E-state index in [1.54, 1.807) is 6.07 Å². The molecule has 0 unspecified atom stereocenters. The standard InChI is InChI=1S/C21H26FN3O3/c1-3-23-21(24-14-15-6-8-18(26-4-2)17(22)12-15)25-16-7-9-19-20(13-16)28-11-5-10-27-19/h6-9,12-13H,3-5,10-11,14H2,1-2H3,(H2,23,24,25). The maximum absolute atomic E-state index is 14.0. The van der Waals surface area contributed by atoms with Gasteiger partial charge in [0.25, 0.3) is 0 Å². The van der Waals surface area contributed by atoms with Crippen LogP contribution in [0, 0.1) is 5.82 Å². The lowest BCUT2D eigenvalue weighted by Gasteiger charge is -2.14. The van der Waals surface area contributed by atoms with Crippen LogP contribution in [0.5, 0.6) is 17.2 Å². The topological polar surface area (TPSA) is 64.1 Å². The molecule has 150 valence electrons. The largest absolute Gasteiger partial charge is 0.491 e. The minimum atomic E-state index is -0.379. The predicted octanol–water partition coefficient (Wildman–Crippen LogP) is 3.96. The number of guanidine groups is 1.